The number of hydrogen-bond acceptors (Lipinski definition) is 5. The van der Waals surface area contributed by atoms with Crippen LogP contribution in [0.1, 0.15) is 35.5 Å². The van der Waals surface area contributed by atoms with Crippen molar-refractivity contribution in [2.75, 3.05) is 7.05 Å². The van der Waals surface area contributed by atoms with Gasteiger partial charge in [0.05, 0.1) is 17.0 Å². The van der Waals surface area contributed by atoms with Crippen LogP contribution in [0.3, 0.4) is 0 Å². The number of halogens is 2. The number of carbonyl (C=O) groups is 2. The van der Waals surface area contributed by atoms with E-state index in [0.717, 1.165) is 5.56 Å². The molecular weight excluding hydrogens is 518 g/mol. The Kier molecular flexibility index (Phi) is 7.33. The third-order valence-electron chi connectivity index (χ3n) is 6.24. The van der Waals surface area contributed by atoms with E-state index in [9.17, 15) is 14.0 Å². The van der Waals surface area contributed by atoms with Gasteiger partial charge < -0.3 is 24.8 Å². The van der Waals surface area contributed by atoms with Gasteiger partial charge >= 0.3 is 5.97 Å². The van der Waals surface area contributed by atoms with E-state index in [-0.39, 0.29) is 40.3 Å². The van der Waals surface area contributed by atoms with Gasteiger partial charge in [-0.3, -0.25) is 9.59 Å². The summed E-state index contributed by atoms with van der Waals surface area (Å²) in [6, 6.07) is 13.9. The molecule has 3 aromatic carbocycles. The van der Waals surface area contributed by atoms with E-state index in [1.807, 2.05) is 6.07 Å². The standard InChI is InChI=1S/C30H26F2N4O4/c1-16(2)30(38)40-19-6-4-5-17(12-19)11-18-15-35-28(36-18)22-13-20(7-8-23(22)31)39-27-24(32)14-25-21(9-10-34-25)26(27)29(37)33-3/h4-10,12-16,34H,11H2,1-3H3,(H,33,37)(H,35,36). The van der Waals surface area contributed by atoms with Crippen LogP contribution >= 0.6 is 0 Å². The van der Waals surface area contributed by atoms with Crippen molar-refractivity contribution in [1.82, 2.24) is 20.3 Å². The van der Waals surface area contributed by atoms with Crippen LogP contribution in [0.15, 0.2) is 67.0 Å². The minimum absolute atomic E-state index is 0.0196. The fraction of sp³-hybridized carbons (Fsp3) is 0.167. The molecule has 0 fully saturated rings. The number of nitrogens with one attached hydrogen (secondary N) is 3. The normalized spacial score (nSPS) is 11.2. The van der Waals surface area contributed by atoms with Gasteiger partial charge in [-0.15, -0.1) is 0 Å². The van der Waals surface area contributed by atoms with Gasteiger partial charge in [0.1, 0.15) is 23.1 Å². The highest BCUT2D eigenvalue weighted by Crippen LogP contribution is 2.36. The molecule has 204 valence electrons. The smallest absolute Gasteiger partial charge is 0.313 e. The van der Waals surface area contributed by atoms with Crippen molar-refractivity contribution in [2.45, 2.75) is 20.3 Å². The van der Waals surface area contributed by atoms with E-state index < -0.39 is 17.5 Å². The maximum Gasteiger partial charge on any atom is 0.313 e. The van der Waals surface area contributed by atoms with Crippen LogP contribution in [0.5, 0.6) is 17.2 Å². The number of nitrogens with zero attached hydrogens (tertiary/aromatic N) is 1. The zero-order valence-corrected chi connectivity index (χ0v) is 22.0. The molecule has 0 saturated carbocycles. The number of aromatic nitrogens is 3. The molecule has 10 heteroatoms. The van der Waals surface area contributed by atoms with Crippen LogP contribution in [0, 0.1) is 17.6 Å². The molecule has 0 atom stereocenters. The van der Waals surface area contributed by atoms with E-state index in [4.69, 9.17) is 9.47 Å². The molecule has 0 aliphatic rings. The van der Waals surface area contributed by atoms with Crippen LogP contribution in [-0.2, 0) is 11.2 Å². The van der Waals surface area contributed by atoms with Crippen molar-refractivity contribution in [2.24, 2.45) is 5.92 Å². The average molecular weight is 545 g/mol. The van der Waals surface area contributed by atoms with Gasteiger partial charge in [0, 0.05) is 48.5 Å². The van der Waals surface area contributed by atoms with E-state index in [1.165, 1.54) is 31.3 Å². The highest BCUT2D eigenvalue weighted by atomic mass is 19.1. The van der Waals surface area contributed by atoms with Gasteiger partial charge in [-0.1, -0.05) is 26.0 Å². The van der Waals surface area contributed by atoms with Crippen molar-refractivity contribution in [3.63, 3.8) is 0 Å². The summed E-state index contributed by atoms with van der Waals surface area (Å²) in [6.07, 6.45) is 3.60. The molecule has 0 bridgehead atoms. The summed E-state index contributed by atoms with van der Waals surface area (Å²) in [4.78, 5) is 34.8. The Morgan fingerprint density at radius 2 is 1.85 bits per heavy atom. The molecule has 3 N–H and O–H groups in total. The number of ether oxygens (including phenoxy) is 2. The maximum atomic E-state index is 15.0. The molecule has 5 rings (SSSR count). The lowest BCUT2D eigenvalue weighted by atomic mass is 10.1. The number of fused-ring (bicyclic) bond motifs is 1. The molecule has 2 aromatic heterocycles. The SMILES string of the molecule is CNC(=O)c1c(Oc2ccc(F)c(-c3ncc(Cc4cccc(OC(=O)C(C)C)c4)[nH]3)c2)c(F)cc2[nH]ccc12. The third kappa shape index (κ3) is 5.42. The summed E-state index contributed by atoms with van der Waals surface area (Å²) in [5.74, 6) is -1.90. The fourth-order valence-corrected chi connectivity index (χ4v) is 4.23. The number of hydrogen-bond donors (Lipinski definition) is 3. The van der Waals surface area contributed by atoms with Gasteiger partial charge in [0.2, 0.25) is 0 Å². The minimum atomic E-state index is -0.749. The quantitative estimate of drug-likeness (QED) is 0.161. The second-order valence-corrected chi connectivity index (χ2v) is 9.48. The third-order valence-corrected chi connectivity index (χ3v) is 6.24. The zero-order chi connectivity index (χ0) is 28.4. The first-order valence-electron chi connectivity index (χ1n) is 12.6. The van der Waals surface area contributed by atoms with Crippen molar-refractivity contribution in [1.29, 1.82) is 0 Å². The minimum Gasteiger partial charge on any atom is -0.453 e. The molecule has 0 radical (unpaired) electrons. The van der Waals surface area contributed by atoms with E-state index in [2.05, 4.69) is 20.3 Å². The lowest BCUT2D eigenvalue weighted by Gasteiger charge is -2.13. The van der Waals surface area contributed by atoms with Gasteiger partial charge in [-0.05, 0) is 42.0 Å². The van der Waals surface area contributed by atoms with E-state index in [0.29, 0.717) is 28.8 Å². The predicted molar refractivity (Wildman–Crippen MR) is 145 cm³/mol. The van der Waals surface area contributed by atoms with Gasteiger partial charge in [0.15, 0.2) is 11.6 Å². The number of aromatic amines is 2. The summed E-state index contributed by atoms with van der Waals surface area (Å²) in [7, 11) is 1.44. The van der Waals surface area contributed by atoms with Gasteiger partial charge in [-0.2, -0.15) is 0 Å². The summed E-state index contributed by atoms with van der Waals surface area (Å²) in [5.41, 5.74) is 2.12. The average Bonchev–Trinajstić information content (AvgIpc) is 3.59. The van der Waals surface area contributed by atoms with Crippen LogP contribution < -0.4 is 14.8 Å². The predicted octanol–water partition coefficient (Wildman–Crippen LogP) is 6.14. The van der Waals surface area contributed by atoms with Gasteiger partial charge in [0.25, 0.3) is 5.91 Å². The molecule has 40 heavy (non-hydrogen) atoms. The highest BCUT2D eigenvalue weighted by molar-refractivity contribution is 6.09. The Labute approximate surface area is 228 Å². The Morgan fingerprint density at radius 3 is 2.62 bits per heavy atom. The largest absolute Gasteiger partial charge is 0.453 e. The van der Waals surface area contributed by atoms with Crippen LogP contribution in [0.25, 0.3) is 22.3 Å². The monoisotopic (exact) mass is 544 g/mol. The fourth-order valence-electron chi connectivity index (χ4n) is 4.23. The van der Waals surface area contributed by atoms with Crippen LogP contribution in [0.2, 0.25) is 0 Å². The van der Waals surface area contributed by atoms with Crippen molar-refractivity contribution in [3.8, 4) is 28.6 Å². The number of H-pyrrole nitrogens is 2. The topological polar surface area (TPSA) is 109 Å². The molecule has 2 heterocycles. The first-order chi connectivity index (χ1) is 19.2. The zero-order valence-electron chi connectivity index (χ0n) is 22.0. The molecule has 8 nitrogen and oxygen atoms in total. The lowest BCUT2D eigenvalue weighted by Crippen LogP contribution is -2.19. The molecule has 0 aliphatic carbocycles. The molecule has 0 saturated heterocycles. The second kappa shape index (κ2) is 11.0. The Hall–Kier alpha value is -4.99. The van der Waals surface area contributed by atoms with Crippen LogP contribution in [-0.4, -0.2) is 33.9 Å². The number of benzene rings is 3. The Balaban J connectivity index is 1.41. The lowest BCUT2D eigenvalue weighted by molar-refractivity contribution is -0.137. The number of esters is 1. The van der Waals surface area contributed by atoms with E-state index >= 15 is 4.39 Å². The highest BCUT2D eigenvalue weighted by Gasteiger charge is 2.22. The van der Waals surface area contributed by atoms with Crippen molar-refractivity contribution < 1.29 is 27.8 Å². The summed E-state index contributed by atoms with van der Waals surface area (Å²) in [5, 5.41) is 2.99. The molecule has 0 spiro atoms. The molecule has 1 amide bonds. The summed E-state index contributed by atoms with van der Waals surface area (Å²) >= 11 is 0. The first-order valence-corrected chi connectivity index (χ1v) is 12.6. The molecular formula is C30H26F2N4O4. The number of carbonyl (C=O) groups excluding carboxylic acids is 2. The number of imidazole rings is 1. The maximum absolute atomic E-state index is 15.0. The van der Waals surface area contributed by atoms with Gasteiger partial charge in [-0.25, -0.2) is 13.8 Å². The Bertz CT molecular complexity index is 1720. The number of rotatable bonds is 8. The molecule has 0 unspecified atom stereocenters. The van der Waals surface area contributed by atoms with Crippen molar-refractivity contribution in [3.05, 3.63) is 95.4 Å². The summed E-state index contributed by atoms with van der Waals surface area (Å²) < 4.78 is 41.1. The second-order valence-electron chi connectivity index (χ2n) is 9.48. The molecule has 0 aliphatic heterocycles. The first kappa shape index (κ1) is 26.6. The van der Waals surface area contributed by atoms with Crippen LogP contribution in [0.4, 0.5) is 8.78 Å². The Morgan fingerprint density at radius 1 is 1.02 bits per heavy atom. The molecule has 5 aromatic rings. The van der Waals surface area contributed by atoms with E-state index in [1.54, 1.807) is 50.5 Å². The number of amides is 1. The summed E-state index contributed by atoms with van der Waals surface area (Å²) in [6.45, 7) is 3.52. The van der Waals surface area contributed by atoms with Crippen molar-refractivity contribution >= 4 is 22.8 Å².